The third kappa shape index (κ3) is 7.58. The number of likely N-dealkylation sites (N-methyl/N-ethyl adjacent to an activating group) is 1. The lowest BCUT2D eigenvalue weighted by Crippen LogP contribution is -2.97. The Labute approximate surface area is 254 Å². The molecule has 3 aromatic rings. The maximum atomic E-state index is 13.6. The van der Waals surface area contributed by atoms with Crippen molar-refractivity contribution in [2.75, 3.05) is 67.1 Å². The Morgan fingerprint density at radius 3 is 2.50 bits per heavy atom. The zero-order valence-electron chi connectivity index (χ0n) is 24.1. The average Bonchev–Trinajstić information content (AvgIpc) is 2.97. The van der Waals surface area contributed by atoms with Crippen LogP contribution in [0.1, 0.15) is 18.4 Å². The van der Waals surface area contributed by atoms with E-state index in [1.54, 1.807) is 6.07 Å². The summed E-state index contributed by atoms with van der Waals surface area (Å²) in [5.41, 5.74) is 13.7. The summed E-state index contributed by atoms with van der Waals surface area (Å²) in [7, 11) is -2.04. The number of hydrogen-bond acceptors (Lipinski definition) is 9. The number of aromatic nitrogens is 1. The molecule has 0 amide bonds. The molecule has 2 fully saturated rings. The first-order chi connectivity index (χ1) is 21.0. The largest absolute Gasteiger partial charge is 0.601 e. The number of nitrogens with two attached hydrogens (primary N) is 2. The highest BCUT2D eigenvalue weighted by Gasteiger charge is 2.32. The van der Waals surface area contributed by atoms with Gasteiger partial charge in [0.2, 0.25) is 4.90 Å². The number of pyridine rings is 1. The molecule has 5 rings (SSSR count). The first-order valence-corrected chi connectivity index (χ1v) is 15.6. The number of rotatable bonds is 9. The number of halogens is 2. The Morgan fingerprint density at radius 2 is 1.82 bits per heavy atom. The van der Waals surface area contributed by atoms with Crippen LogP contribution in [0.5, 0.6) is 0 Å². The molecule has 2 aromatic carbocycles. The number of benzene rings is 2. The highest BCUT2D eigenvalue weighted by atomic mass is 32.3. The zero-order chi connectivity index (χ0) is 31.4. The van der Waals surface area contributed by atoms with Crippen LogP contribution in [0, 0.1) is 16.8 Å². The molecule has 3 heterocycles. The maximum absolute atomic E-state index is 13.6. The smallest absolute Gasteiger partial charge is 0.347 e. The van der Waals surface area contributed by atoms with Crippen LogP contribution in [-0.4, -0.2) is 72.8 Å². The molecule has 44 heavy (non-hydrogen) atoms. The van der Waals surface area contributed by atoms with Gasteiger partial charge in [-0.05, 0) is 36.2 Å². The van der Waals surface area contributed by atoms with Crippen LogP contribution >= 0.6 is 0 Å². The van der Waals surface area contributed by atoms with Crippen LogP contribution in [-0.2, 0) is 19.3 Å². The minimum Gasteiger partial charge on any atom is -0.601 e. The summed E-state index contributed by atoms with van der Waals surface area (Å²) in [6.07, 6.45) is 2.58. The van der Waals surface area contributed by atoms with Crippen molar-refractivity contribution in [2.45, 2.75) is 23.8 Å². The number of ether oxygens (including phenoxy) is 1. The summed E-state index contributed by atoms with van der Waals surface area (Å²) < 4.78 is 58.6. The molecule has 2 atom stereocenters. The Hall–Kier alpha value is -3.93. The molecule has 0 radical (unpaired) electrons. The molecule has 8 N–H and O–H groups in total. The molecule has 0 saturated carbocycles. The van der Waals surface area contributed by atoms with E-state index in [9.17, 15) is 22.7 Å². The van der Waals surface area contributed by atoms with Crippen molar-refractivity contribution in [1.29, 1.82) is 0 Å². The lowest BCUT2D eigenvalue weighted by molar-refractivity contribution is -0.782. The minimum absolute atomic E-state index is 0.0576. The van der Waals surface area contributed by atoms with Crippen molar-refractivity contribution < 1.29 is 27.5 Å². The van der Waals surface area contributed by atoms with Gasteiger partial charge in [0.15, 0.2) is 11.5 Å². The average molecular weight is 633 g/mol. The van der Waals surface area contributed by atoms with Gasteiger partial charge in [-0.25, -0.2) is 18.9 Å². The summed E-state index contributed by atoms with van der Waals surface area (Å²) in [5, 5.41) is 20.4. The number of amidine groups is 1. The number of nitrogens with zero attached hydrogens (tertiary/aromatic N) is 4. The second kappa shape index (κ2) is 13.4. The van der Waals surface area contributed by atoms with Crippen LogP contribution in [0.25, 0.3) is 0 Å². The Kier molecular flexibility index (Phi) is 9.57. The van der Waals surface area contributed by atoms with E-state index in [-0.39, 0.29) is 33.8 Å². The quantitative estimate of drug-likeness (QED) is 0.0883. The van der Waals surface area contributed by atoms with Gasteiger partial charge in [0.05, 0.1) is 17.4 Å². The van der Waals surface area contributed by atoms with Crippen LogP contribution in [0.2, 0.25) is 0 Å². The zero-order valence-corrected chi connectivity index (χ0v) is 24.9. The predicted molar refractivity (Wildman–Crippen MR) is 166 cm³/mol. The monoisotopic (exact) mass is 632 g/mol. The molecular formula is C28H36F2N9O4S+. The highest BCUT2D eigenvalue weighted by molar-refractivity contribution is 7.99. The number of hydrogen-bond donors (Lipinski definition) is 6. The van der Waals surface area contributed by atoms with E-state index in [0.29, 0.717) is 30.7 Å². The normalized spacial score (nSPS) is 18.9. The Balaban J connectivity index is 1.42. The molecule has 1 aromatic heterocycles. The Morgan fingerprint density at radius 1 is 1.14 bits per heavy atom. The summed E-state index contributed by atoms with van der Waals surface area (Å²) >= 11 is 0. The molecule has 0 bridgehead atoms. The summed E-state index contributed by atoms with van der Waals surface area (Å²) in [4.78, 5) is 8.16. The fourth-order valence-electron chi connectivity index (χ4n) is 5.04. The molecule has 2 aliphatic rings. The SMILES string of the molecule is CN1CCN(c2ccc([NH+]([O-])N=C(N)c3cc([S+](=O)(O)Nc4cc(F)cc(F)c4)cnc3N)c(NC3CCOCC3)c2)CC1. The summed E-state index contributed by atoms with van der Waals surface area (Å²) in [6, 6.07) is 9.13. The molecule has 2 saturated heterocycles. The first kappa shape index (κ1) is 31.5. The van der Waals surface area contributed by atoms with E-state index in [1.807, 2.05) is 12.1 Å². The van der Waals surface area contributed by atoms with Gasteiger partial charge in [-0.1, -0.05) is 5.10 Å². The van der Waals surface area contributed by atoms with Gasteiger partial charge in [-0.15, -0.1) is 0 Å². The van der Waals surface area contributed by atoms with Crippen molar-refractivity contribution in [3.63, 3.8) is 0 Å². The van der Waals surface area contributed by atoms with Gasteiger partial charge in [0.1, 0.15) is 23.1 Å². The maximum Gasteiger partial charge on any atom is 0.347 e. The second-order valence-corrected chi connectivity index (χ2v) is 12.5. The molecule has 13 nitrogen and oxygen atoms in total. The second-order valence-electron chi connectivity index (χ2n) is 10.7. The number of anilines is 4. The van der Waals surface area contributed by atoms with E-state index in [2.05, 4.69) is 37.0 Å². The van der Waals surface area contributed by atoms with Crippen molar-refractivity contribution >= 4 is 44.8 Å². The summed E-state index contributed by atoms with van der Waals surface area (Å²) in [6.45, 7) is 4.78. The molecule has 0 aliphatic carbocycles. The fourth-order valence-corrected chi connectivity index (χ4v) is 6.06. The molecular weight excluding hydrogens is 596 g/mol. The van der Waals surface area contributed by atoms with Gasteiger partial charge in [0, 0.05) is 81.5 Å². The van der Waals surface area contributed by atoms with Crippen molar-refractivity contribution in [2.24, 2.45) is 10.8 Å². The third-order valence-corrected chi connectivity index (χ3v) is 8.89. The van der Waals surface area contributed by atoms with Gasteiger partial charge in [0.25, 0.3) is 0 Å². The standard InChI is InChI=1S/C28H35F2N9O4S/c1-37-6-8-38(9-7-37)22-2-3-26(25(15-22)34-20-4-10-43-11-5-20)39(40)35-28(32)24-16-23(17-33-27(24)31)44(41,42)36-21-13-18(29)12-19(30)14-21/h2-3,12-17,20,34,39H,4-11H2,1H3,(H5-,31,32,33,35,36,41,42)/p+1. The van der Waals surface area contributed by atoms with E-state index >= 15 is 0 Å². The predicted octanol–water partition coefficient (Wildman–Crippen LogP) is 1.98. The van der Waals surface area contributed by atoms with Crippen LogP contribution in [0.3, 0.4) is 0 Å². The summed E-state index contributed by atoms with van der Waals surface area (Å²) in [5.74, 6) is -2.33. The lowest BCUT2D eigenvalue weighted by atomic mass is 10.1. The van der Waals surface area contributed by atoms with Crippen molar-refractivity contribution in [3.05, 3.63) is 71.1 Å². The van der Waals surface area contributed by atoms with Crippen molar-refractivity contribution in [3.8, 4) is 0 Å². The first-order valence-electron chi connectivity index (χ1n) is 14.1. The van der Waals surface area contributed by atoms with Gasteiger partial charge >= 0.3 is 10.4 Å². The van der Waals surface area contributed by atoms with Gasteiger partial charge in [-0.2, -0.15) is 9.27 Å². The number of nitrogen functional groups attached to an aromatic ring is 1. The number of piperazine rings is 1. The topological polar surface area (TPSA) is 182 Å². The van der Waals surface area contributed by atoms with E-state index in [0.717, 1.165) is 69.1 Å². The molecule has 0 spiro atoms. The molecule has 236 valence electrons. The van der Waals surface area contributed by atoms with E-state index in [1.165, 1.54) is 0 Å². The van der Waals surface area contributed by atoms with Crippen LogP contribution < -0.4 is 31.6 Å². The lowest BCUT2D eigenvalue weighted by Gasteiger charge is -2.35. The van der Waals surface area contributed by atoms with Gasteiger partial charge in [-0.3, -0.25) is 0 Å². The fraction of sp³-hybridized carbons (Fsp3) is 0.357. The van der Waals surface area contributed by atoms with E-state index < -0.39 is 27.2 Å². The molecule has 2 unspecified atom stereocenters. The molecule has 16 heteroatoms. The van der Waals surface area contributed by atoms with Crippen LogP contribution in [0.15, 0.2) is 58.7 Å². The third-order valence-electron chi connectivity index (χ3n) is 7.51. The molecule has 2 aliphatic heterocycles. The van der Waals surface area contributed by atoms with Crippen LogP contribution in [0.4, 0.5) is 37.3 Å². The number of nitrogens with one attached hydrogen (secondary N) is 3. The highest BCUT2D eigenvalue weighted by Crippen LogP contribution is 2.29. The van der Waals surface area contributed by atoms with Gasteiger partial charge < -0.3 is 36.5 Å². The van der Waals surface area contributed by atoms with E-state index in [4.69, 9.17) is 16.2 Å². The van der Waals surface area contributed by atoms with Crippen molar-refractivity contribution in [1.82, 2.24) is 9.88 Å². The number of quaternary nitrogens is 1. The minimum atomic E-state index is -4.12. The Bertz CT molecular complexity index is 1550.